The van der Waals surface area contributed by atoms with Gasteiger partial charge in [-0.05, 0) is 55.0 Å². The fraction of sp³-hybridized carbons (Fsp3) is 0.167. The third-order valence-corrected chi connectivity index (χ3v) is 4.46. The van der Waals surface area contributed by atoms with Gasteiger partial charge in [0.25, 0.3) is 5.91 Å². The summed E-state index contributed by atoms with van der Waals surface area (Å²) in [7, 11) is 1.57. The van der Waals surface area contributed by atoms with Crippen LogP contribution in [-0.2, 0) is 11.4 Å². The lowest BCUT2D eigenvalue weighted by Gasteiger charge is -2.17. The molecule has 0 aliphatic carbocycles. The molecule has 0 aliphatic rings. The summed E-state index contributed by atoms with van der Waals surface area (Å²) in [5.41, 5.74) is 3.01. The summed E-state index contributed by atoms with van der Waals surface area (Å²) in [5.74, 6) is -0.358. The smallest absolute Gasteiger partial charge is 0.254 e. The van der Waals surface area contributed by atoms with Gasteiger partial charge in [0.2, 0.25) is 5.91 Å². The molecular formula is C24H23FN2O3. The van der Waals surface area contributed by atoms with Gasteiger partial charge >= 0.3 is 0 Å². The van der Waals surface area contributed by atoms with Crippen LogP contribution in [0.1, 0.15) is 21.5 Å². The van der Waals surface area contributed by atoms with Crippen molar-refractivity contribution in [1.82, 2.24) is 4.90 Å². The van der Waals surface area contributed by atoms with E-state index in [1.165, 1.54) is 17.0 Å². The molecule has 0 atom stereocenters. The van der Waals surface area contributed by atoms with E-state index in [4.69, 9.17) is 4.74 Å². The number of aryl methyl sites for hydroxylation is 1. The summed E-state index contributed by atoms with van der Waals surface area (Å²) in [6, 6.07) is 20.2. The second kappa shape index (κ2) is 9.69. The molecule has 6 heteroatoms. The zero-order chi connectivity index (χ0) is 21.5. The van der Waals surface area contributed by atoms with Crippen molar-refractivity contribution in [1.29, 1.82) is 0 Å². The minimum absolute atomic E-state index is 0.0760. The summed E-state index contributed by atoms with van der Waals surface area (Å²) in [4.78, 5) is 26.3. The topological polar surface area (TPSA) is 58.6 Å². The van der Waals surface area contributed by atoms with Crippen LogP contribution < -0.4 is 10.1 Å². The molecule has 154 valence electrons. The number of nitrogens with zero attached hydrogens (tertiary/aromatic N) is 1. The molecule has 0 heterocycles. The number of anilines is 1. The normalized spacial score (nSPS) is 10.4. The Hall–Kier alpha value is -3.67. The van der Waals surface area contributed by atoms with Gasteiger partial charge in [-0.15, -0.1) is 0 Å². The molecule has 0 radical (unpaired) electrons. The van der Waals surface area contributed by atoms with Crippen molar-refractivity contribution in [3.63, 3.8) is 0 Å². The van der Waals surface area contributed by atoms with Gasteiger partial charge in [-0.1, -0.05) is 35.9 Å². The lowest BCUT2D eigenvalue weighted by molar-refractivity contribution is -0.116. The number of hydrogen-bond donors (Lipinski definition) is 1. The van der Waals surface area contributed by atoms with Gasteiger partial charge in [0, 0.05) is 18.3 Å². The Morgan fingerprint density at radius 3 is 2.40 bits per heavy atom. The highest BCUT2D eigenvalue weighted by Crippen LogP contribution is 2.17. The quantitative estimate of drug-likeness (QED) is 0.632. The van der Waals surface area contributed by atoms with Gasteiger partial charge in [-0.3, -0.25) is 9.59 Å². The highest BCUT2D eigenvalue weighted by atomic mass is 19.1. The van der Waals surface area contributed by atoms with Gasteiger partial charge in [0.05, 0.1) is 6.54 Å². The molecule has 3 aromatic carbocycles. The maximum atomic E-state index is 13.0. The third-order valence-electron chi connectivity index (χ3n) is 4.46. The van der Waals surface area contributed by atoms with E-state index in [0.717, 1.165) is 11.1 Å². The zero-order valence-electron chi connectivity index (χ0n) is 16.9. The number of amides is 2. The molecule has 3 aromatic rings. The molecule has 0 unspecified atom stereocenters. The molecule has 0 aromatic heterocycles. The van der Waals surface area contributed by atoms with E-state index < -0.39 is 0 Å². The number of halogens is 1. The third kappa shape index (κ3) is 5.91. The van der Waals surface area contributed by atoms with Crippen molar-refractivity contribution >= 4 is 17.5 Å². The number of hydrogen-bond acceptors (Lipinski definition) is 3. The Bertz CT molecular complexity index is 1020. The van der Waals surface area contributed by atoms with Crippen LogP contribution in [0.4, 0.5) is 10.1 Å². The molecule has 1 N–H and O–H groups in total. The number of nitrogens with one attached hydrogen (secondary N) is 1. The van der Waals surface area contributed by atoms with Crippen LogP contribution in [0.15, 0.2) is 72.8 Å². The van der Waals surface area contributed by atoms with Crippen LogP contribution in [0.25, 0.3) is 0 Å². The number of carbonyl (C=O) groups is 2. The number of likely N-dealkylation sites (N-methyl/N-ethyl adjacent to an activating group) is 1. The van der Waals surface area contributed by atoms with Gasteiger partial charge < -0.3 is 15.0 Å². The molecule has 0 saturated heterocycles. The summed E-state index contributed by atoms with van der Waals surface area (Å²) in [6.07, 6.45) is 0. The summed E-state index contributed by atoms with van der Waals surface area (Å²) in [6.45, 7) is 2.15. The largest absolute Gasteiger partial charge is 0.489 e. The Balaban J connectivity index is 1.57. The Kier molecular flexibility index (Phi) is 6.80. The predicted molar refractivity (Wildman–Crippen MR) is 114 cm³/mol. The van der Waals surface area contributed by atoms with Crippen LogP contribution in [0, 0.1) is 12.7 Å². The Labute approximate surface area is 175 Å². The maximum absolute atomic E-state index is 13.0. The number of carbonyl (C=O) groups excluding carboxylic acids is 2. The van der Waals surface area contributed by atoms with Gasteiger partial charge in [0.1, 0.15) is 18.2 Å². The first-order valence-electron chi connectivity index (χ1n) is 9.50. The molecule has 5 nitrogen and oxygen atoms in total. The van der Waals surface area contributed by atoms with Gasteiger partial charge in [-0.2, -0.15) is 0 Å². The lowest BCUT2D eigenvalue weighted by atomic mass is 10.2. The number of benzene rings is 3. The van der Waals surface area contributed by atoms with E-state index in [1.54, 1.807) is 43.4 Å². The first-order valence-corrected chi connectivity index (χ1v) is 9.50. The highest BCUT2D eigenvalue weighted by Gasteiger charge is 2.16. The van der Waals surface area contributed by atoms with Crippen molar-refractivity contribution in [3.05, 3.63) is 95.3 Å². The highest BCUT2D eigenvalue weighted by molar-refractivity contribution is 5.99. The predicted octanol–water partition coefficient (Wildman–Crippen LogP) is 4.42. The van der Waals surface area contributed by atoms with E-state index in [2.05, 4.69) is 5.32 Å². The average molecular weight is 406 g/mol. The van der Waals surface area contributed by atoms with Crippen molar-refractivity contribution in [3.8, 4) is 5.75 Å². The van der Waals surface area contributed by atoms with Gasteiger partial charge in [0.15, 0.2) is 0 Å². The van der Waals surface area contributed by atoms with Gasteiger partial charge in [-0.25, -0.2) is 4.39 Å². The first kappa shape index (κ1) is 21.0. The van der Waals surface area contributed by atoms with E-state index in [9.17, 15) is 14.0 Å². The molecule has 2 amide bonds. The minimum Gasteiger partial charge on any atom is -0.489 e. The lowest BCUT2D eigenvalue weighted by Crippen LogP contribution is -2.34. The van der Waals surface area contributed by atoms with Crippen LogP contribution in [0.5, 0.6) is 5.75 Å². The molecule has 0 bridgehead atoms. The second-order valence-corrected chi connectivity index (χ2v) is 7.02. The number of ether oxygens (including phenoxy) is 1. The van der Waals surface area contributed by atoms with Crippen molar-refractivity contribution in [2.75, 3.05) is 18.9 Å². The fourth-order valence-electron chi connectivity index (χ4n) is 2.81. The molecule has 3 rings (SSSR count). The Morgan fingerprint density at radius 1 is 1.00 bits per heavy atom. The maximum Gasteiger partial charge on any atom is 0.254 e. The zero-order valence-corrected chi connectivity index (χ0v) is 16.9. The fourth-order valence-corrected chi connectivity index (χ4v) is 2.81. The van der Waals surface area contributed by atoms with Crippen molar-refractivity contribution in [2.24, 2.45) is 0 Å². The first-order chi connectivity index (χ1) is 14.4. The van der Waals surface area contributed by atoms with Crippen molar-refractivity contribution in [2.45, 2.75) is 13.5 Å². The molecule has 0 aliphatic heterocycles. The molecule has 0 saturated carbocycles. The molecular weight excluding hydrogens is 383 g/mol. The van der Waals surface area contributed by atoms with Crippen LogP contribution in [0.3, 0.4) is 0 Å². The summed E-state index contributed by atoms with van der Waals surface area (Å²) in [5, 5.41) is 2.78. The van der Waals surface area contributed by atoms with E-state index in [0.29, 0.717) is 17.0 Å². The number of rotatable bonds is 7. The van der Waals surface area contributed by atoms with Crippen LogP contribution >= 0.6 is 0 Å². The second-order valence-electron chi connectivity index (χ2n) is 7.02. The van der Waals surface area contributed by atoms with Crippen molar-refractivity contribution < 1.29 is 18.7 Å². The van der Waals surface area contributed by atoms with E-state index in [-0.39, 0.29) is 30.8 Å². The Morgan fingerprint density at radius 2 is 1.70 bits per heavy atom. The molecule has 0 spiro atoms. The standard InChI is InChI=1S/C24H23FN2O3/c1-17-6-12-21(13-7-17)26-23(28)15-27(2)24(29)19-4-3-5-22(14-19)30-16-18-8-10-20(25)11-9-18/h3-14H,15-16H2,1-2H3,(H,26,28). The monoisotopic (exact) mass is 406 g/mol. The summed E-state index contributed by atoms with van der Waals surface area (Å²) < 4.78 is 18.7. The molecule has 0 fully saturated rings. The van der Waals surface area contributed by atoms with E-state index >= 15 is 0 Å². The SMILES string of the molecule is Cc1ccc(NC(=O)CN(C)C(=O)c2cccc(OCc3ccc(F)cc3)c2)cc1. The summed E-state index contributed by atoms with van der Waals surface area (Å²) >= 11 is 0. The van der Waals surface area contributed by atoms with E-state index in [1.807, 2.05) is 31.2 Å². The van der Waals surface area contributed by atoms with Crippen LogP contribution in [0.2, 0.25) is 0 Å². The average Bonchev–Trinajstić information content (AvgIpc) is 2.74. The molecule has 30 heavy (non-hydrogen) atoms. The minimum atomic E-state index is -0.305. The van der Waals surface area contributed by atoms with Crippen LogP contribution in [-0.4, -0.2) is 30.3 Å².